The van der Waals surface area contributed by atoms with Gasteiger partial charge in [-0.2, -0.15) is 4.98 Å². The van der Waals surface area contributed by atoms with Crippen molar-refractivity contribution in [3.05, 3.63) is 42.3 Å². The molecule has 2 aromatic rings. The van der Waals surface area contributed by atoms with Gasteiger partial charge in [-0.25, -0.2) is 0 Å². The third-order valence-corrected chi connectivity index (χ3v) is 1.98. The predicted molar refractivity (Wildman–Crippen MR) is 60.4 cm³/mol. The van der Waals surface area contributed by atoms with Crippen LogP contribution in [-0.2, 0) is 0 Å². The summed E-state index contributed by atoms with van der Waals surface area (Å²) < 4.78 is 4.99. The summed E-state index contributed by atoms with van der Waals surface area (Å²) in [6, 6.07) is 9.49. The molecule has 1 heterocycles. The number of nitrogens with one attached hydrogen (secondary N) is 2. The normalized spacial score (nSPS) is 9.81. The predicted octanol–water partition coefficient (Wildman–Crippen LogP) is 1.97. The van der Waals surface area contributed by atoms with Crippen LogP contribution in [-0.4, -0.2) is 17.9 Å². The van der Waals surface area contributed by atoms with E-state index in [0.717, 1.165) is 5.69 Å². The molecule has 0 aliphatic rings. The van der Waals surface area contributed by atoms with Crippen LogP contribution in [0.15, 0.2) is 41.0 Å². The molecular formula is C11H11N3O2. The maximum atomic E-state index is 11.7. The quantitative estimate of drug-likeness (QED) is 0.824. The van der Waals surface area contributed by atoms with E-state index in [1.165, 1.54) is 6.26 Å². The Morgan fingerprint density at radius 2 is 2.06 bits per heavy atom. The molecule has 5 heteroatoms. The zero-order valence-electron chi connectivity index (χ0n) is 8.73. The molecule has 0 spiro atoms. The van der Waals surface area contributed by atoms with Gasteiger partial charge in [0.05, 0.1) is 0 Å². The number of hydrogen-bond donors (Lipinski definition) is 2. The Morgan fingerprint density at radius 1 is 1.31 bits per heavy atom. The van der Waals surface area contributed by atoms with Crippen molar-refractivity contribution in [1.29, 1.82) is 0 Å². The lowest BCUT2D eigenvalue weighted by Gasteiger charge is -2.00. The molecule has 0 aliphatic carbocycles. The number of para-hydroxylation sites is 1. The molecule has 0 saturated carbocycles. The smallest absolute Gasteiger partial charge is 0.294 e. The third-order valence-electron chi connectivity index (χ3n) is 1.98. The van der Waals surface area contributed by atoms with Crippen LogP contribution >= 0.6 is 0 Å². The number of oxazole rings is 1. The molecule has 1 aromatic carbocycles. The summed E-state index contributed by atoms with van der Waals surface area (Å²) in [7, 11) is 1.67. The lowest BCUT2D eigenvalue weighted by molar-refractivity contribution is 0.102. The first kappa shape index (κ1) is 10.2. The van der Waals surface area contributed by atoms with E-state index in [1.807, 2.05) is 18.2 Å². The van der Waals surface area contributed by atoms with E-state index >= 15 is 0 Å². The molecular weight excluding hydrogens is 206 g/mol. The van der Waals surface area contributed by atoms with Gasteiger partial charge in [0.25, 0.3) is 11.9 Å². The first-order chi connectivity index (χ1) is 7.79. The molecule has 0 atom stereocenters. The second-order valence-corrected chi connectivity index (χ2v) is 3.11. The number of nitrogens with zero attached hydrogens (tertiary/aromatic N) is 1. The van der Waals surface area contributed by atoms with E-state index in [2.05, 4.69) is 15.6 Å². The van der Waals surface area contributed by atoms with Crippen molar-refractivity contribution >= 4 is 17.6 Å². The Balaban J connectivity index is 2.09. The SMILES string of the molecule is CNc1nc(C(=O)Nc2ccccc2)co1. The Bertz CT molecular complexity index is 479. The lowest BCUT2D eigenvalue weighted by atomic mass is 10.3. The van der Waals surface area contributed by atoms with Crippen LogP contribution in [0.4, 0.5) is 11.7 Å². The largest absolute Gasteiger partial charge is 0.431 e. The zero-order valence-corrected chi connectivity index (χ0v) is 8.73. The molecule has 0 saturated heterocycles. The van der Waals surface area contributed by atoms with E-state index in [9.17, 15) is 4.79 Å². The highest BCUT2D eigenvalue weighted by Gasteiger charge is 2.11. The van der Waals surface area contributed by atoms with Gasteiger partial charge in [0.2, 0.25) is 0 Å². The van der Waals surface area contributed by atoms with Crippen LogP contribution in [0, 0.1) is 0 Å². The molecule has 2 N–H and O–H groups in total. The van der Waals surface area contributed by atoms with Crippen molar-refractivity contribution in [2.24, 2.45) is 0 Å². The molecule has 1 aromatic heterocycles. The van der Waals surface area contributed by atoms with Crippen LogP contribution in [0.5, 0.6) is 0 Å². The minimum Gasteiger partial charge on any atom is -0.431 e. The summed E-state index contributed by atoms with van der Waals surface area (Å²) in [6.45, 7) is 0. The van der Waals surface area contributed by atoms with Gasteiger partial charge in [-0.3, -0.25) is 4.79 Å². The molecule has 2 rings (SSSR count). The van der Waals surface area contributed by atoms with E-state index in [4.69, 9.17) is 4.42 Å². The molecule has 1 amide bonds. The fourth-order valence-electron chi connectivity index (χ4n) is 1.21. The van der Waals surface area contributed by atoms with E-state index in [-0.39, 0.29) is 11.6 Å². The average molecular weight is 217 g/mol. The minimum atomic E-state index is -0.295. The maximum Gasteiger partial charge on any atom is 0.294 e. The number of carbonyl (C=O) groups excluding carboxylic acids is 1. The van der Waals surface area contributed by atoms with Crippen molar-refractivity contribution in [3.63, 3.8) is 0 Å². The van der Waals surface area contributed by atoms with Crippen LogP contribution in [0.1, 0.15) is 10.5 Å². The molecule has 0 unspecified atom stereocenters. The second-order valence-electron chi connectivity index (χ2n) is 3.11. The number of rotatable bonds is 3. The highest BCUT2D eigenvalue weighted by atomic mass is 16.4. The van der Waals surface area contributed by atoms with Crippen LogP contribution in [0.25, 0.3) is 0 Å². The summed E-state index contributed by atoms with van der Waals surface area (Å²) in [4.78, 5) is 15.6. The van der Waals surface area contributed by atoms with Crippen molar-refractivity contribution in [3.8, 4) is 0 Å². The number of amides is 1. The third kappa shape index (κ3) is 2.20. The minimum absolute atomic E-state index is 0.244. The Labute approximate surface area is 92.5 Å². The number of hydrogen-bond acceptors (Lipinski definition) is 4. The van der Waals surface area contributed by atoms with Gasteiger partial charge in [-0.05, 0) is 12.1 Å². The van der Waals surface area contributed by atoms with Crippen molar-refractivity contribution < 1.29 is 9.21 Å². The fraction of sp³-hybridized carbons (Fsp3) is 0.0909. The summed E-state index contributed by atoms with van der Waals surface area (Å²) in [5.41, 5.74) is 0.967. The summed E-state index contributed by atoms with van der Waals surface area (Å²) in [5.74, 6) is -0.295. The summed E-state index contributed by atoms with van der Waals surface area (Å²) in [6.07, 6.45) is 1.31. The molecule has 0 aliphatic heterocycles. The van der Waals surface area contributed by atoms with E-state index in [1.54, 1.807) is 19.2 Å². The maximum absolute atomic E-state index is 11.7. The second kappa shape index (κ2) is 4.48. The molecule has 0 radical (unpaired) electrons. The average Bonchev–Trinajstić information content (AvgIpc) is 2.79. The van der Waals surface area contributed by atoms with Gasteiger partial charge in [0.15, 0.2) is 5.69 Å². The number of carbonyl (C=O) groups is 1. The van der Waals surface area contributed by atoms with Crippen molar-refractivity contribution in [2.45, 2.75) is 0 Å². The number of aromatic nitrogens is 1. The van der Waals surface area contributed by atoms with Gasteiger partial charge in [0, 0.05) is 12.7 Å². The molecule has 0 bridgehead atoms. The van der Waals surface area contributed by atoms with Gasteiger partial charge >= 0.3 is 0 Å². The zero-order chi connectivity index (χ0) is 11.4. The van der Waals surface area contributed by atoms with Gasteiger partial charge in [0.1, 0.15) is 6.26 Å². The molecule has 82 valence electrons. The Kier molecular flexibility index (Phi) is 2.86. The first-order valence-electron chi connectivity index (χ1n) is 4.79. The van der Waals surface area contributed by atoms with Gasteiger partial charge in [-0.15, -0.1) is 0 Å². The van der Waals surface area contributed by atoms with Crippen molar-refractivity contribution in [2.75, 3.05) is 17.7 Å². The molecule has 16 heavy (non-hydrogen) atoms. The van der Waals surface area contributed by atoms with Crippen LogP contribution < -0.4 is 10.6 Å². The van der Waals surface area contributed by atoms with E-state index < -0.39 is 0 Å². The summed E-state index contributed by atoms with van der Waals surface area (Å²) in [5, 5.41) is 5.41. The van der Waals surface area contributed by atoms with Crippen LogP contribution in [0.2, 0.25) is 0 Å². The van der Waals surface area contributed by atoms with Crippen molar-refractivity contribution in [1.82, 2.24) is 4.98 Å². The molecule has 0 fully saturated rings. The monoisotopic (exact) mass is 217 g/mol. The number of anilines is 2. The van der Waals surface area contributed by atoms with Gasteiger partial charge in [-0.1, -0.05) is 18.2 Å². The lowest BCUT2D eigenvalue weighted by Crippen LogP contribution is -2.12. The fourth-order valence-corrected chi connectivity index (χ4v) is 1.21. The van der Waals surface area contributed by atoms with Gasteiger partial charge < -0.3 is 15.1 Å². The Hall–Kier alpha value is -2.30. The first-order valence-corrected chi connectivity index (χ1v) is 4.79. The topological polar surface area (TPSA) is 67.2 Å². The molecule has 5 nitrogen and oxygen atoms in total. The Morgan fingerprint density at radius 3 is 2.69 bits per heavy atom. The van der Waals surface area contributed by atoms with Crippen LogP contribution in [0.3, 0.4) is 0 Å². The highest BCUT2D eigenvalue weighted by molar-refractivity contribution is 6.02. The van der Waals surface area contributed by atoms with E-state index in [0.29, 0.717) is 6.01 Å². The number of benzene rings is 1. The summed E-state index contributed by atoms with van der Waals surface area (Å²) >= 11 is 0. The standard InChI is InChI=1S/C11H11N3O2/c1-12-11-14-9(7-16-11)10(15)13-8-5-3-2-4-6-8/h2-7H,1H3,(H,12,14)(H,13,15). The highest BCUT2D eigenvalue weighted by Crippen LogP contribution is 2.10.